The third kappa shape index (κ3) is 2.84. The van der Waals surface area contributed by atoms with Crippen LogP contribution in [-0.2, 0) is 9.59 Å². The van der Waals surface area contributed by atoms with Gasteiger partial charge in [-0.25, -0.2) is 5.01 Å². The second-order valence-electron chi connectivity index (χ2n) is 4.88. The number of nitrogens with zero attached hydrogens (tertiary/aromatic N) is 2. The number of carbonyl (C=O) groups is 4. The third-order valence-corrected chi connectivity index (χ3v) is 4.79. The van der Waals surface area contributed by atoms with Crippen LogP contribution in [0.15, 0.2) is 24.3 Å². The molecule has 0 spiro atoms. The van der Waals surface area contributed by atoms with Crippen molar-refractivity contribution in [2.45, 2.75) is 6.42 Å². The van der Waals surface area contributed by atoms with E-state index in [-0.39, 0.29) is 28.9 Å². The van der Waals surface area contributed by atoms with Gasteiger partial charge in [-0.3, -0.25) is 29.5 Å². The molecule has 0 atom stereocenters. The van der Waals surface area contributed by atoms with Gasteiger partial charge >= 0.3 is 0 Å². The van der Waals surface area contributed by atoms with E-state index in [0.717, 1.165) is 9.91 Å². The molecule has 3 rings (SSSR count). The molecule has 0 saturated carbocycles. The van der Waals surface area contributed by atoms with Crippen molar-refractivity contribution in [2.24, 2.45) is 0 Å². The van der Waals surface area contributed by atoms with Crippen LogP contribution < -0.4 is 5.43 Å². The molecule has 2 aliphatic rings. The van der Waals surface area contributed by atoms with E-state index in [9.17, 15) is 19.2 Å². The molecule has 1 saturated heterocycles. The lowest BCUT2D eigenvalue weighted by atomic mass is 10.1. The Balaban J connectivity index is 1.60. The second kappa shape index (κ2) is 6.09. The van der Waals surface area contributed by atoms with Gasteiger partial charge in [-0.05, 0) is 12.1 Å². The normalized spacial score (nSPS) is 17.0. The molecule has 2 heterocycles. The van der Waals surface area contributed by atoms with Gasteiger partial charge in [0.15, 0.2) is 4.32 Å². The minimum absolute atomic E-state index is 0.0554. The fraction of sp³-hybridized carbons (Fsp3) is 0.214. The van der Waals surface area contributed by atoms with Crippen molar-refractivity contribution in [1.82, 2.24) is 15.3 Å². The van der Waals surface area contributed by atoms with E-state index in [1.807, 2.05) is 0 Å². The summed E-state index contributed by atoms with van der Waals surface area (Å²) in [4.78, 5) is 48.8. The maximum absolute atomic E-state index is 12.2. The number of thioether (sulfide) groups is 1. The fourth-order valence-electron chi connectivity index (χ4n) is 2.30. The molecule has 1 aromatic carbocycles. The number of hydrogen-bond acceptors (Lipinski definition) is 6. The quantitative estimate of drug-likeness (QED) is 0.632. The molecule has 1 fully saturated rings. The zero-order chi connectivity index (χ0) is 16.6. The molecule has 0 radical (unpaired) electrons. The summed E-state index contributed by atoms with van der Waals surface area (Å²) < 4.78 is 0.282. The van der Waals surface area contributed by atoms with Gasteiger partial charge in [0.25, 0.3) is 17.7 Å². The van der Waals surface area contributed by atoms with Crippen LogP contribution in [0, 0.1) is 0 Å². The standard InChI is InChI=1S/C14H11N3O4S2/c18-10(15-17-11(19)7-23-14(17)22)5-6-16-12(20)8-3-1-2-4-9(8)13(16)21/h1-4H,5-7H2,(H,15,18). The number of thiocarbonyl (C=S) groups is 1. The summed E-state index contributed by atoms with van der Waals surface area (Å²) in [6.07, 6.45) is -0.109. The first kappa shape index (κ1) is 15.6. The van der Waals surface area contributed by atoms with E-state index in [4.69, 9.17) is 12.2 Å². The Morgan fingerprint density at radius 2 is 1.78 bits per heavy atom. The zero-order valence-electron chi connectivity index (χ0n) is 11.8. The molecule has 4 amide bonds. The molecule has 2 aliphatic heterocycles. The van der Waals surface area contributed by atoms with Gasteiger partial charge in [-0.2, -0.15) is 0 Å². The summed E-state index contributed by atoms with van der Waals surface area (Å²) in [5.74, 6) is -1.42. The van der Waals surface area contributed by atoms with Crippen LogP contribution in [0.4, 0.5) is 0 Å². The van der Waals surface area contributed by atoms with Crippen molar-refractivity contribution >= 4 is 51.9 Å². The van der Waals surface area contributed by atoms with Crippen LogP contribution >= 0.6 is 24.0 Å². The van der Waals surface area contributed by atoms with E-state index < -0.39 is 17.7 Å². The molecule has 1 N–H and O–H groups in total. The van der Waals surface area contributed by atoms with Crippen molar-refractivity contribution in [3.8, 4) is 0 Å². The summed E-state index contributed by atoms with van der Waals surface area (Å²) in [7, 11) is 0. The Hall–Kier alpha value is -2.26. The van der Waals surface area contributed by atoms with Crippen LogP contribution in [0.2, 0.25) is 0 Å². The van der Waals surface area contributed by atoms with Crippen LogP contribution in [0.25, 0.3) is 0 Å². The minimum atomic E-state index is -0.486. The summed E-state index contributed by atoms with van der Waals surface area (Å²) in [6, 6.07) is 6.51. The summed E-state index contributed by atoms with van der Waals surface area (Å²) in [5.41, 5.74) is 3.06. The van der Waals surface area contributed by atoms with Crippen LogP contribution in [-0.4, -0.2) is 50.2 Å². The van der Waals surface area contributed by atoms with Gasteiger partial charge in [0, 0.05) is 13.0 Å². The first-order chi connectivity index (χ1) is 11.0. The number of imide groups is 1. The first-order valence-corrected chi connectivity index (χ1v) is 8.13. The molecule has 9 heteroatoms. The average Bonchev–Trinajstić information content (AvgIpc) is 2.98. The molecule has 118 valence electrons. The lowest BCUT2D eigenvalue weighted by molar-refractivity contribution is -0.134. The van der Waals surface area contributed by atoms with Crippen molar-refractivity contribution in [1.29, 1.82) is 0 Å². The van der Waals surface area contributed by atoms with Crippen LogP contribution in [0.1, 0.15) is 27.1 Å². The molecule has 1 aromatic rings. The van der Waals surface area contributed by atoms with Crippen molar-refractivity contribution in [2.75, 3.05) is 12.3 Å². The number of hydrogen-bond donors (Lipinski definition) is 1. The van der Waals surface area contributed by atoms with Gasteiger partial charge < -0.3 is 0 Å². The number of benzene rings is 1. The molecule has 0 aliphatic carbocycles. The van der Waals surface area contributed by atoms with Gasteiger partial charge in [-0.15, -0.1) is 0 Å². The topological polar surface area (TPSA) is 86.8 Å². The number of carbonyl (C=O) groups excluding carboxylic acids is 4. The van der Waals surface area contributed by atoms with Gasteiger partial charge in [0.2, 0.25) is 5.91 Å². The number of fused-ring (bicyclic) bond motifs is 1. The smallest absolute Gasteiger partial charge is 0.261 e. The number of nitrogens with one attached hydrogen (secondary N) is 1. The molecule has 0 bridgehead atoms. The maximum Gasteiger partial charge on any atom is 0.261 e. The number of hydrazine groups is 1. The van der Waals surface area contributed by atoms with E-state index in [0.29, 0.717) is 11.1 Å². The Kier molecular flexibility index (Phi) is 4.14. The SMILES string of the molecule is O=C(CCN1C(=O)c2ccccc2C1=O)NN1C(=O)CSC1=S. The summed E-state index contributed by atoms with van der Waals surface area (Å²) in [5, 5.41) is 1.02. The van der Waals surface area contributed by atoms with E-state index in [1.165, 1.54) is 11.8 Å². The Morgan fingerprint density at radius 3 is 2.30 bits per heavy atom. The highest BCUT2D eigenvalue weighted by molar-refractivity contribution is 8.23. The second-order valence-corrected chi connectivity index (χ2v) is 6.49. The number of rotatable bonds is 4. The third-order valence-electron chi connectivity index (χ3n) is 3.43. The van der Waals surface area contributed by atoms with Crippen LogP contribution in [0.5, 0.6) is 0 Å². The predicted octanol–water partition coefficient (Wildman–Crippen LogP) is 0.564. The highest BCUT2D eigenvalue weighted by atomic mass is 32.2. The molecule has 0 unspecified atom stereocenters. The van der Waals surface area contributed by atoms with Crippen molar-refractivity contribution in [3.05, 3.63) is 35.4 Å². The zero-order valence-corrected chi connectivity index (χ0v) is 13.4. The molecule has 7 nitrogen and oxygen atoms in total. The Morgan fingerprint density at radius 1 is 1.17 bits per heavy atom. The maximum atomic E-state index is 12.2. The summed E-state index contributed by atoms with van der Waals surface area (Å²) in [6.45, 7) is -0.0554. The van der Waals surface area contributed by atoms with Crippen LogP contribution in [0.3, 0.4) is 0 Å². The fourth-order valence-corrected chi connectivity index (χ4v) is 3.28. The van der Waals surface area contributed by atoms with E-state index in [2.05, 4.69) is 5.43 Å². The van der Waals surface area contributed by atoms with E-state index in [1.54, 1.807) is 24.3 Å². The lowest BCUT2D eigenvalue weighted by Gasteiger charge is -2.17. The van der Waals surface area contributed by atoms with Gasteiger partial charge in [0.05, 0.1) is 16.9 Å². The van der Waals surface area contributed by atoms with Crippen molar-refractivity contribution < 1.29 is 19.2 Å². The van der Waals surface area contributed by atoms with Gasteiger partial charge in [-0.1, -0.05) is 36.1 Å². The van der Waals surface area contributed by atoms with E-state index >= 15 is 0 Å². The molecular formula is C14H11N3O4S2. The van der Waals surface area contributed by atoms with Crippen molar-refractivity contribution in [3.63, 3.8) is 0 Å². The molecule has 0 aromatic heterocycles. The molecular weight excluding hydrogens is 338 g/mol. The largest absolute Gasteiger partial charge is 0.274 e. The number of amides is 4. The minimum Gasteiger partial charge on any atom is -0.274 e. The lowest BCUT2D eigenvalue weighted by Crippen LogP contribution is -2.46. The average molecular weight is 349 g/mol. The summed E-state index contributed by atoms with van der Waals surface area (Å²) >= 11 is 6.11. The Bertz CT molecular complexity index is 698. The highest BCUT2D eigenvalue weighted by Gasteiger charge is 2.35. The predicted molar refractivity (Wildman–Crippen MR) is 86.5 cm³/mol. The first-order valence-electron chi connectivity index (χ1n) is 6.73. The highest BCUT2D eigenvalue weighted by Crippen LogP contribution is 2.22. The molecule has 23 heavy (non-hydrogen) atoms. The monoisotopic (exact) mass is 349 g/mol. The Labute approximate surface area is 141 Å². The van der Waals surface area contributed by atoms with Gasteiger partial charge in [0.1, 0.15) is 0 Å².